The number of nitrogens with two attached hydrogens (primary N) is 1. The second kappa shape index (κ2) is 5.98. The van der Waals surface area contributed by atoms with Crippen LogP contribution in [0.4, 0.5) is 5.82 Å². The summed E-state index contributed by atoms with van der Waals surface area (Å²) in [6, 6.07) is 5.77. The van der Waals surface area contributed by atoms with Crippen LogP contribution in [0.3, 0.4) is 0 Å². The maximum absolute atomic E-state index is 6.35. The fourth-order valence-corrected chi connectivity index (χ4v) is 2.76. The second-order valence-corrected chi connectivity index (χ2v) is 6.05. The maximum atomic E-state index is 6.35. The largest absolute Gasteiger partial charge is 0.496 e. The molecular formula is C16H22ClN3O. The minimum atomic E-state index is 0.233. The molecule has 2 aromatic rings. The highest BCUT2D eigenvalue weighted by molar-refractivity contribution is 6.33. The first-order valence-corrected chi connectivity index (χ1v) is 7.46. The van der Waals surface area contributed by atoms with Gasteiger partial charge in [0.15, 0.2) is 0 Å². The van der Waals surface area contributed by atoms with Crippen LogP contribution in [-0.4, -0.2) is 16.7 Å². The summed E-state index contributed by atoms with van der Waals surface area (Å²) in [4.78, 5) is 4.74. The molecule has 1 aromatic carbocycles. The molecule has 0 saturated heterocycles. The number of ether oxygens (including phenoxy) is 1. The SMILES string of the molecule is COc1cccc(Cl)c1-c1nc(C(C)C)n(C(C)C)c1N. The predicted molar refractivity (Wildman–Crippen MR) is 88.1 cm³/mol. The van der Waals surface area contributed by atoms with Crippen molar-refractivity contribution in [2.45, 2.75) is 39.7 Å². The van der Waals surface area contributed by atoms with Gasteiger partial charge in [0.1, 0.15) is 23.1 Å². The summed E-state index contributed by atoms with van der Waals surface area (Å²) in [6.07, 6.45) is 0. The third kappa shape index (κ3) is 2.72. The van der Waals surface area contributed by atoms with E-state index in [9.17, 15) is 0 Å². The van der Waals surface area contributed by atoms with Gasteiger partial charge in [-0.25, -0.2) is 4.98 Å². The van der Waals surface area contributed by atoms with Crippen molar-refractivity contribution in [1.29, 1.82) is 0 Å². The summed E-state index contributed by atoms with van der Waals surface area (Å²) >= 11 is 6.35. The van der Waals surface area contributed by atoms with Crippen LogP contribution in [0.2, 0.25) is 5.02 Å². The molecule has 0 unspecified atom stereocenters. The minimum absolute atomic E-state index is 0.233. The number of imidazole rings is 1. The molecule has 0 aliphatic carbocycles. The van der Waals surface area contributed by atoms with Crippen molar-refractivity contribution in [3.8, 4) is 17.0 Å². The van der Waals surface area contributed by atoms with E-state index in [1.807, 2.05) is 18.2 Å². The Bertz CT molecular complexity index is 647. The van der Waals surface area contributed by atoms with E-state index < -0.39 is 0 Å². The van der Waals surface area contributed by atoms with Gasteiger partial charge in [0.25, 0.3) is 0 Å². The van der Waals surface area contributed by atoms with Crippen molar-refractivity contribution in [2.75, 3.05) is 12.8 Å². The van der Waals surface area contributed by atoms with Crippen molar-refractivity contribution in [3.63, 3.8) is 0 Å². The Kier molecular flexibility index (Phi) is 4.47. The second-order valence-electron chi connectivity index (χ2n) is 5.64. The van der Waals surface area contributed by atoms with Crippen molar-refractivity contribution in [1.82, 2.24) is 9.55 Å². The molecule has 0 radical (unpaired) electrons. The monoisotopic (exact) mass is 307 g/mol. The van der Waals surface area contributed by atoms with Crippen LogP contribution < -0.4 is 10.5 Å². The van der Waals surface area contributed by atoms with Gasteiger partial charge in [-0.15, -0.1) is 0 Å². The number of aromatic nitrogens is 2. The first-order valence-electron chi connectivity index (χ1n) is 7.08. The van der Waals surface area contributed by atoms with E-state index in [0.717, 1.165) is 11.4 Å². The number of anilines is 1. The zero-order valence-electron chi connectivity index (χ0n) is 13.1. The van der Waals surface area contributed by atoms with Gasteiger partial charge in [-0.3, -0.25) is 0 Å². The molecule has 2 N–H and O–H groups in total. The standard InChI is InChI=1S/C16H22ClN3O/c1-9(2)16-19-14(15(18)20(16)10(3)4)13-11(17)7-6-8-12(13)21-5/h6-10H,18H2,1-5H3. The number of halogens is 1. The first kappa shape index (κ1) is 15.7. The zero-order valence-corrected chi connectivity index (χ0v) is 13.9. The van der Waals surface area contributed by atoms with E-state index in [4.69, 9.17) is 27.1 Å². The Morgan fingerprint density at radius 3 is 2.38 bits per heavy atom. The summed E-state index contributed by atoms with van der Waals surface area (Å²) in [7, 11) is 1.62. The Labute approximate surface area is 130 Å². The van der Waals surface area contributed by atoms with Gasteiger partial charge in [0.05, 0.1) is 17.7 Å². The van der Waals surface area contributed by atoms with Crippen molar-refractivity contribution < 1.29 is 4.74 Å². The average Bonchev–Trinajstić information content (AvgIpc) is 2.76. The highest BCUT2D eigenvalue weighted by Gasteiger charge is 2.23. The number of methoxy groups -OCH3 is 1. The molecule has 4 nitrogen and oxygen atoms in total. The summed E-state index contributed by atoms with van der Waals surface area (Å²) in [5.74, 6) is 2.54. The smallest absolute Gasteiger partial charge is 0.132 e. The van der Waals surface area contributed by atoms with Gasteiger partial charge in [-0.2, -0.15) is 0 Å². The molecule has 0 bridgehead atoms. The van der Waals surface area contributed by atoms with Crippen molar-refractivity contribution in [2.24, 2.45) is 0 Å². The van der Waals surface area contributed by atoms with Crippen LogP contribution in [0.5, 0.6) is 5.75 Å². The Hall–Kier alpha value is -1.68. The number of rotatable bonds is 4. The molecular weight excluding hydrogens is 286 g/mol. The van der Waals surface area contributed by atoms with Gasteiger partial charge in [-0.05, 0) is 26.0 Å². The summed E-state index contributed by atoms with van der Waals surface area (Å²) in [5, 5.41) is 0.588. The lowest BCUT2D eigenvalue weighted by Gasteiger charge is -2.15. The molecule has 1 heterocycles. The maximum Gasteiger partial charge on any atom is 0.132 e. The molecule has 21 heavy (non-hydrogen) atoms. The first-order chi connectivity index (χ1) is 9.88. The van der Waals surface area contributed by atoms with E-state index in [2.05, 4.69) is 32.3 Å². The quantitative estimate of drug-likeness (QED) is 0.905. The van der Waals surface area contributed by atoms with Crippen LogP contribution >= 0.6 is 11.6 Å². The lowest BCUT2D eigenvalue weighted by Crippen LogP contribution is -2.10. The Morgan fingerprint density at radius 2 is 1.90 bits per heavy atom. The molecule has 0 aliphatic heterocycles. The van der Waals surface area contributed by atoms with Gasteiger partial charge in [-0.1, -0.05) is 31.5 Å². The summed E-state index contributed by atoms with van der Waals surface area (Å²) in [5.41, 5.74) is 7.79. The summed E-state index contributed by atoms with van der Waals surface area (Å²) in [6.45, 7) is 8.40. The topological polar surface area (TPSA) is 53.1 Å². The normalized spacial score (nSPS) is 11.4. The van der Waals surface area contributed by atoms with Crippen LogP contribution in [0, 0.1) is 0 Å². The molecule has 0 aliphatic rings. The molecule has 2 rings (SSSR count). The van der Waals surface area contributed by atoms with E-state index in [-0.39, 0.29) is 12.0 Å². The Morgan fingerprint density at radius 1 is 1.24 bits per heavy atom. The molecule has 0 atom stereocenters. The van der Waals surface area contributed by atoms with Gasteiger partial charge >= 0.3 is 0 Å². The van der Waals surface area contributed by atoms with Gasteiger partial charge in [0.2, 0.25) is 0 Å². The molecule has 0 amide bonds. The average molecular weight is 308 g/mol. The van der Waals surface area contributed by atoms with E-state index >= 15 is 0 Å². The van der Waals surface area contributed by atoms with Crippen LogP contribution in [0.25, 0.3) is 11.3 Å². The van der Waals surface area contributed by atoms with Gasteiger partial charge in [0, 0.05) is 12.0 Å². The molecule has 1 aromatic heterocycles. The van der Waals surface area contributed by atoms with Crippen molar-refractivity contribution in [3.05, 3.63) is 29.0 Å². The highest BCUT2D eigenvalue weighted by atomic mass is 35.5. The van der Waals surface area contributed by atoms with E-state index in [0.29, 0.717) is 22.3 Å². The van der Waals surface area contributed by atoms with Crippen LogP contribution in [0.15, 0.2) is 18.2 Å². The number of nitrogen functional groups attached to an aromatic ring is 1. The minimum Gasteiger partial charge on any atom is -0.496 e. The third-order valence-corrected chi connectivity index (χ3v) is 3.76. The molecule has 0 fully saturated rings. The lowest BCUT2D eigenvalue weighted by molar-refractivity contribution is 0.416. The van der Waals surface area contributed by atoms with Crippen molar-refractivity contribution >= 4 is 17.4 Å². The van der Waals surface area contributed by atoms with Gasteiger partial charge < -0.3 is 15.0 Å². The highest BCUT2D eigenvalue weighted by Crippen LogP contribution is 2.40. The Balaban J connectivity index is 2.74. The molecule has 5 heteroatoms. The fraction of sp³-hybridized carbons (Fsp3) is 0.438. The number of hydrogen-bond donors (Lipinski definition) is 1. The predicted octanol–water partition coefficient (Wildman–Crippen LogP) is 4.50. The molecule has 114 valence electrons. The number of benzene rings is 1. The third-order valence-electron chi connectivity index (χ3n) is 3.44. The number of nitrogens with zero attached hydrogens (tertiary/aromatic N) is 2. The summed E-state index contributed by atoms with van der Waals surface area (Å²) < 4.78 is 7.47. The zero-order chi connectivity index (χ0) is 15.7. The lowest BCUT2D eigenvalue weighted by atomic mass is 10.1. The number of hydrogen-bond acceptors (Lipinski definition) is 3. The van der Waals surface area contributed by atoms with Crippen LogP contribution in [0.1, 0.15) is 45.5 Å². The van der Waals surface area contributed by atoms with E-state index in [1.54, 1.807) is 7.11 Å². The fourth-order valence-electron chi connectivity index (χ4n) is 2.50. The van der Waals surface area contributed by atoms with E-state index in [1.165, 1.54) is 0 Å². The molecule has 0 saturated carbocycles. The van der Waals surface area contributed by atoms with Crippen LogP contribution in [-0.2, 0) is 0 Å². The molecule has 0 spiro atoms.